The van der Waals surface area contributed by atoms with Crippen molar-refractivity contribution in [1.29, 1.82) is 0 Å². The summed E-state index contributed by atoms with van der Waals surface area (Å²) in [4.78, 5) is 54.0. The molecule has 0 bridgehead atoms. The number of ether oxygens (including phenoxy) is 1. The fourth-order valence-electron chi connectivity index (χ4n) is 4.41. The first kappa shape index (κ1) is 33.1. The van der Waals surface area contributed by atoms with Crippen LogP contribution in [0.15, 0.2) is 36.4 Å². The molecule has 0 aliphatic rings. The summed E-state index contributed by atoms with van der Waals surface area (Å²) in [5, 5.41) is 15.8. The molecule has 0 spiro atoms. The van der Waals surface area contributed by atoms with E-state index in [2.05, 4.69) is 10.6 Å². The van der Waals surface area contributed by atoms with E-state index in [1.54, 1.807) is 39.8 Å². The lowest BCUT2D eigenvalue weighted by molar-refractivity contribution is -0.141. The van der Waals surface area contributed by atoms with Crippen molar-refractivity contribution in [3.8, 4) is 5.75 Å². The van der Waals surface area contributed by atoms with Crippen LogP contribution in [0.1, 0.15) is 81.7 Å². The zero-order valence-electron chi connectivity index (χ0n) is 25.2. The molecule has 10 heteroatoms. The van der Waals surface area contributed by atoms with E-state index >= 15 is 0 Å². The monoisotopic (exact) mass is 568 g/mol. The van der Waals surface area contributed by atoms with E-state index in [0.717, 1.165) is 17.5 Å². The third-order valence-corrected chi connectivity index (χ3v) is 6.53. The van der Waals surface area contributed by atoms with E-state index in [1.165, 1.54) is 11.0 Å². The van der Waals surface area contributed by atoms with Crippen LogP contribution in [0.3, 0.4) is 0 Å². The van der Waals surface area contributed by atoms with Crippen LogP contribution in [0.5, 0.6) is 5.75 Å². The summed E-state index contributed by atoms with van der Waals surface area (Å²) in [7, 11) is 0. The molecule has 5 N–H and O–H groups in total. The lowest BCUT2D eigenvalue weighted by Crippen LogP contribution is -2.53. The highest BCUT2D eigenvalue weighted by Gasteiger charge is 2.36. The van der Waals surface area contributed by atoms with E-state index in [-0.39, 0.29) is 25.1 Å². The van der Waals surface area contributed by atoms with Crippen LogP contribution in [0, 0.1) is 20.8 Å². The summed E-state index contributed by atoms with van der Waals surface area (Å²) in [5.74, 6) is -1.59. The molecule has 2 aromatic rings. The average Bonchev–Trinajstić information content (AvgIpc) is 2.86. The fraction of sp³-hybridized carbons (Fsp3) is 0.484. The molecule has 4 amide bonds. The average molecular weight is 569 g/mol. The Labute approximate surface area is 242 Å². The molecule has 0 aliphatic carbocycles. The minimum Gasteiger partial charge on any atom is -0.508 e. The Morgan fingerprint density at radius 3 is 2.20 bits per heavy atom. The third-order valence-electron chi connectivity index (χ3n) is 6.53. The number of phenols is 1. The van der Waals surface area contributed by atoms with Gasteiger partial charge in [-0.15, -0.1) is 0 Å². The molecule has 2 atom stereocenters. The number of benzene rings is 2. The number of nitrogens with one attached hydrogen (secondary N) is 2. The predicted molar refractivity (Wildman–Crippen MR) is 158 cm³/mol. The van der Waals surface area contributed by atoms with Crippen LogP contribution < -0.4 is 16.4 Å². The molecule has 10 nitrogen and oxygen atoms in total. The first-order valence-corrected chi connectivity index (χ1v) is 13.9. The van der Waals surface area contributed by atoms with E-state index in [0.29, 0.717) is 23.2 Å². The number of primary amides is 1. The Hall–Kier alpha value is -4.08. The number of hydrogen-bond acceptors (Lipinski definition) is 6. The van der Waals surface area contributed by atoms with Crippen LogP contribution in [0.2, 0.25) is 0 Å². The number of unbranched alkanes of at least 4 members (excludes halogenated alkanes) is 1. The molecule has 0 heterocycles. The van der Waals surface area contributed by atoms with Crippen molar-refractivity contribution in [3.05, 3.63) is 58.7 Å². The third kappa shape index (κ3) is 9.81. The van der Waals surface area contributed by atoms with Crippen LogP contribution in [-0.4, -0.2) is 52.0 Å². The normalized spacial score (nSPS) is 12.7. The molecule has 0 saturated heterocycles. The van der Waals surface area contributed by atoms with Crippen LogP contribution in [-0.2, 0) is 19.1 Å². The van der Waals surface area contributed by atoms with E-state index in [1.807, 2.05) is 39.0 Å². The van der Waals surface area contributed by atoms with Gasteiger partial charge in [-0.2, -0.15) is 0 Å². The van der Waals surface area contributed by atoms with Gasteiger partial charge in [-0.05, 0) is 88.8 Å². The number of carbonyl (C=O) groups is 4. The van der Waals surface area contributed by atoms with E-state index in [9.17, 15) is 24.3 Å². The topological polar surface area (TPSA) is 151 Å². The summed E-state index contributed by atoms with van der Waals surface area (Å²) >= 11 is 0. The molecule has 0 saturated carbocycles. The second-order valence-corrected chi connectivity index (χ2v) is 11.3. The second kappa shape index (κ2) is 14.5. The lowest BCUT2D eigenvalue weighted by Gasteiger charge is -2.35. The highest BCUT2D eigenvalue weighted by Crippen LogP contribution is 2.30. The van der Waals surface area contributed by atoms with Gasteiger partial charge in [0, 0.05) is 18.7 Å². The maximum Gasteiger partial charge on any atom is 0.408 e. The highest BCUT2D eigenvalue weighted by molar-refractivity contribution is 6.00. The molecule has 0 aliphatic heterocycles. The van der Waals surface area contributed by atoms with E-state index < -0.39 is 41.5 Å². The number of anilines is 1. The van der Waals surface area contributed by atoms with Crippen molar-refractivity contribution in [2.75, 3.05) is 11.9 Å². The number of phenolic OH excluding ortho intramolecular Hbond substituents is 1. The number of para-hydroxylation sites is 1. The Morgan fingerprint density at radius 2 is 1.66 bits per heavy atom. The molecular formula is C31H44N4O6. The van der Waals surface area contributed by atoms with Crippen LogP contribution in [0.4, 0.5) is 10.5 Å². The summed E-state index contributed by atoms with van der Waals surface area (Å²) in [6.45, 7) is 12.7. The number of nitrogens with zero attached hydrogens (tertiary/aromatic N) is 1. The van der Waals surface area contributed by atoms with Gasteiger partial charge >= 0.3 is 6.09 Å². The van der Waals surface area contributed by atoms with Crippen molar-refractivity contribution >= 4 is 29.5 Å². The molecule has 2 rings (SSSR count). The Bertz CT molecular complexity index is 1230. The Morgan fingerprint density at radius 1 is 1.02 bits per heavy atom. The SMILES string of the molecule is CCCCN(C(=O)C(CCC(N)=O)NC(=O)OC(C)(C)C)C(C(=O)Nc1c(C)cccc1C)c1ccc(O)c(C)c1. The summed E-state index contributed by atoms with van der Waals surface area (Å²) < 4.78 is 5.37. The molecule has 0 aromatic heterocycles. The first-order chi connectivity index (χ1) is 19.1. The van der Waals surface area contributed by atoms with Crippen molar-refractivity contribution in [3.63, 3.8) is 0 Å². The molecule has 224 valence electrons. The number of alkyl carbamates (subject to hydrolysis) is 1. The number of aryl methyl sites for hydroxylation is 3. The van der Waals surface area contributed by atoms with Crippen molar-refractivity contribution in [2.24, 2.45) is 5.73 Å². The largest absolute Gasteiger partial charge is 0.508 e. The van der Waals surface area contributed by atoms with Gasteiger partial charge < -0.3 is 31.1 Å². The van der Waals surface area contributed by atoms with Gasteiger partial charge in [0.2, 0.25) is 11.8 Å². The number of amides is 4. The number of rotatable bonds is 12. The second-order valence-electron chi connectivity index (χ2n) is 11.3. The lowest BCUT2D eigenvalue weighted by atomic mass is 9.98. The molecule has 2 unspecified atom stereocenters. The van der Waals surface area contributed by atoms with Gasteiger partial charge in [-0.3, -0.25) is 14.4 Å². The van der Waals surface area contributed by atoms with Crippen molar-refractivity contribution < 1.29 is 29.0 Å². The quantitative estimate of drug-likeness (QED) is 0.289. The summed E-state index contributed by atoms with van der Waals surface area (Å²) in [5.41, 5.74) is 7.93. The Balaban J connectivity index is 2.61. The first-order valence-electron chi connectivity index (χ1n) is 13.9. The van der Waals surface area contributed by atoms with Gasteiger partial charge in [0.15, 0.2) is 0 Å². The van der Waals surface area contributed by atoms with Gasteiger partial charge in [0.25, 0.3) is 5.91 Å². The zero-order valence-corrected chi connectivity index (χ0v) is 25.2. The van der Waals surface area contributed by atoms with Crippen molar-refractivity contribution in [1.82, 2.24) is 10.2 Å². The van der Waals surface area contributed by atoms with Crippen molar-refractivity contribution in [2.45, 2.75) is 91.8 Å². The minimum atomic E-state index is -1.18. The van der Waals surface area contributed by atoms with Gasteiger partial charge in [-0.1, -0.05) is 37.6 Å². The maximum atomic E-state index is 14.2. The summed E-state index contributed by atoms with van der Waals surface area (Å²) in [6, 6.07) is 8.12. The van der Waals surface area contributed by atoms with Gasteiger partial charge in [0.1, 0.15) is 23.4 Å². The Kier molecular flexibility index (Phi) is 11.7. The van der Waals surface area contributed by atoms with Gasteiger partial charge in [-0.25, -0.2) is 4.79 Å². The molecule has 41 heavy (non-hydrogen) atoms. The molecular weight excluding hydrogens is 524 g/mol. The number of nitrogens with two attached hydrogens (primary N) is 1. The standard InChI is InChI=1S/C31H44N4O6/c1-8-9-17-35(29(39)23(14-16-25(32)37)33-30(40)41-31(5,6)7)27(22-13-15-24(36)21(4)18-22)28(38)34-26-19(2)11-10-12-20(26)3/h10-13,15,18,23,27,36H,8-9,14,16-17H2,1-7H3,(H2,32,37)(H,33,40)(H,34,38). The predicted octanol–water partition coefficient (Wildman–Crippen LogP) is 4.78. The number of carbonyl (C=O) groups excluding carboxylic acids is 4. The zero-order chi connectivity index (χ0) is 30.9. The molecule has 2 aromatic carbocycles. The van der Waals surface area contributed by atoms with Gasteiger partial charge in [0.05, 0.1) is 0 Å². The minimum absolute atomic E-state index is 0.0556. The molecule has 0 fully saturated rings. The number of hydrogen-bond donors (Lipinski definition) is 4. The van der Waals surface area contributed by atoms with Crippen LogP contribution >= 0.6 is 0 Å². The number of aromatic hydroxyl groups is 1. The van der Waals surface area contributed by atoms with Crippen LogP contribution in [0.25, 0.3) is 0 Å². The molecule has 0 radical (unpaired) electrons. The fourth-order valence-corrected chi connectivity index (χ4v) is 4.41. The smallest absolute Gasteiger partial charge is 0.408 e. The van der Waals surface area contributed by atoms with E-state index in [4.69, 9.17) is 10.5 Å². The summed E-state index contributed by atoms with van der Waals surface area (Å²) in [6.07, 6.45) is 0.245. The highest BCUT2D eigenvalue weighted by atomic mass is 16.6. The maximum absolute atomic E-state index is 14.2.